The molecule has 2 N–H and O–H groups in total. The zero-order valence-corrected chi connectivity index (χ0v) is 19.2. The minimum absolute atomic E-state index is 0. The van der Waals surface area contributed by atoms with Crippen molar-refractivity contribution in [1.29, 1.82) is 0 Å². The number of guanidine groups is 1. The van der Waals surface area contributed by atoms with Crippen molar-refractivity contribution >= 4 is 35.8 Å². The highest BCUT2D eigenvalue weighted by Gasteiger charge is 2.25. The lowest BCUT2D eigenvalue weighted by atomic mass is 10.1. The molecule has 1 saturated heterocycles. The number of nitrogens with zero attached hydrogens (tertiary/aromatic N) is 2. The monoisotopic (exact) mass is 488 g/mol. The van der Waals surface area contributed by atoms with Crippen molar-refractivity contribution < 1.29 is 9.53 Å². The fraction of sp³-hybridized carbons (Fsp3) is 0.600. The van der Waals surface area contributed by atoms with Crippen molar-refractivity contribution in [1.82, 2.24) is 15.5 Å². The van der Waals surface area contributed by atoms with E-state index in [2.05, 4.69) is 32.7 Å². The van der Waals surface area contributed by atoms with Gasteiger partial charge in [0, 0.05) is 31.6 Å². The minimum atomic E-state index is -0.225. The van der Waals surface area contributed by atoms with Gasteiger partial charge in [0.15, 0.2) is 5.96 Å². The fourth-order valence-electron chi connectivity index (χ4n) is 3.03. The molecule has 27 heavy (non-hydrogen) atoms. The number of halogens is 1. The molecule has 1 aromatic rings. The van der Waals surface area contributed by atoms with Crippen LogP contribution in [0, 0.1) is 5.92 Å². The van der Waals surface area contributed by atoms with Crippen LogP contribution in [0.1, 0.15) is 32.8 Å². The summed E-state index contributed by atoms with van der Waals surface area (Å²) in [4.78, 5) is 18.5. The molecule has 0 spiro atoms. The number of carbonyl (C=O) groups is 1. The number of nitrogens with one attached hydrogen (secondary N) is 2. The van der Waals surface area contributed by atoms with E-state index < -0.39 is 0 Å². The van der Waals surface area contributed by atoms with Gasteiger partial charge >= 0.3 is 0 Å². The van der Waals surface area contributed by atoms with Crippen LogP contribution in [-0.4, -0.2) is 55.6 Å². The maximum atomic E-state index is 12.0. The summed E-state index contributed by atoms with van der Waals surface area (Å²) in [5, 5.41) is 6.11. The Morgan fingerprint density at radius 3 is 2.63 bits per heavy atom. The molecule has 0 bridgehead atoms. The van der Waals surface area contributed by atoms with E-state index in [1.165, 1.54) is 5.56 Å². The second-order valence-corrected chi connectivity index (χ2v) is 7.80. The van der Waals surface area contributed by atoms with Gasteiger partial charge in [-0.2, -0.15) is 0 Å². The Kier molecular flexibility index (Phi) is 10.1. The number of rotatable bonds is 6. The Morgan fingerprint density at radius 2 is 2.00 bits per heavy atom. The third-order valence-corrected chi connectivity index (χ3v) is 4.18. The molecule has 1 amide bonds. The van der Waals surface area contributed by atoms with E-state index in [-0.39, 0.29) is 42.0 Å². The Morgan fingerprint density at radius 1 is 1.30 bits per heavy atom. The number of ether oxygens (including phenoxy) is 1. The molecular formula is C20H33IN4O2. The van der Waals surface area contributed by atoms with Crippen molar-refractivity contribution in [2.24, 2.45) is 10.9 Å². The van der Waals surface area contributed by atoms with Crippen LogP contribution in [0.25, 0.3) is 0 Å². The van der Waals surface area contributed by atoms with Crippen LogP contribution in [0.15, 0.2) is 35.3 Å². The zero-order chi connectivity index (χ0) is 19.0. The fourth-order valence-corrected chi connectivity index (χ4v) is 3.03. The van der Waals surface area contributed by atoms with Gasteiger partial charge in [-0.05, 0) is 32.8 Å². The quantitative estimate of drug-likeness (QED) is 0.367. The average molecular weight is 488 g/mol. The molecule has 1 fully saturated rings. The minimum Gasteiger partial charge on any atom is -0.376 e. The van der Waals surface area contributed by atoms with Crippen LogP contribution in [-0.2, 0) is 16.1 Å². The number of aliphatic imine (C=N–C) groups is 1. The molecule has 2 rings (SSSR count). The molecule has 7 heteroatoms. The van der Waals surface area contributed by atoms with Gasteiger partial charge in [-0.3, -0.25) is 9.79 Å². The van der Waals surface area contributed by atoms with Crippen molar-refractivity contribution in [3.8, 4) is 0 Å². The number of hydrogen-bond acceptors (Lipinski definition) is 3. The third kappa shape index (κ3) is 8.92. The van der Waals surface area contributed by atoms with Crippen molar-refractivity contribution in [3.63, 3.8) is 0 Å². The maximum Gasteiger partial charge on any atom is 0.239 e. The highest BCUT2D eigenvalue weighted by atomic mass is 127. The zero-order valence-electron chi connectivity index (χ0n) is 16.8. The van der Waals surface area contributed by atoms with Gasteiger partial charge in [-0.1, -0.05) is 30.3 Å². The summed E-state index contributed by atoms with van der Waals surface area (Å²) in [6.07, 6.45) is 1.07. The van der Waals surface area contributed by atoms with Crippen molar-refractivity contribution in [2.75, 3.05) is 33.3 Å². The summed E-state index contributed by atoms with van der Waals surface area (Å²) >= 11 is 0. The first-order valence-electron chi connectivity index (χ1n) is 9.25. The Labute approximate surface area is 180 Å². The van der Waals surface area contributed by atoms with Gasteiger partial charge in [0.25, 0.3) is 0 Å². The summed E-state index contributed by atoms with van der Waals surface area (Å²) in [6.45, 7) is 9.37. The Hall–Kier alpha value is -1.35. The second-order valence-electron chi connectivity index (χ2n) is 7.80. The van der Waals surface area contributed by atoms with Crippen LogP contribution in [0.3, 0.4) is 0 Å². The summed E-state index contributed by atoms with van der Waals surface area (Å²) in [7, 11) is 1.75. The standard InChI is InChI=1S/C20H32N4O2.HI/c1-20(2,3)23-18(25)12-22-19(21-4)24-11-10-17(13-24)15-26-14-16-8-6-5-7-9-16;/h5-9,17H,10-15H2,1-4H3,(H,21,22)(H,23,25);1H. The van der Waals surface area contributed by atoms with E-state index in [1.807, 2.05) is 39.0 Å². The number of amides is 1. The molecule has 6 nitrogen and oxygen atoms in total. The van der Waals surface area contributed by atoms with E-state index in [4.69, 9.17) is 4.74 Å². The van der Waals surface area contributed by atoms with E-state index in [9.17, 15) is 4.79 Å². The lowest BCUT2D eigenvalue weighted by molar-refractivity contribution is -0.121. The molecule has 0 radical (unpaired) electrons. The van der Waals surface area contributed by atoms with Crippen LogP contribution in [0.4, 0.5) is 0 Å². The first-order valence-corrected chi connectivity index (χ1v) is 9.25. The molecule has 1 unspecified atom stereocenters. The summed E-state index contributed by atoms with van der Waals surface area (Å²) in [5.41, 5.74) is 0.974. The highest BCUT2D eigenvalue weighted by Crippen LogP contribution is 2.17. The Balaban J connectivity index is 0.00000364. The van der Waals surface area contributed by atoms with Crippen molar-refractivity contribution in [3.05, 3.63) is 35.9 Å². The molecule has 152 valence electrons. The van der Waals surface area contributed by atoms with Gasteiger partial charge in [-0.15, -0.1) is 24.0 Å². The topological polar surface area (TPSA) is 66.0 Å². The smallest absolute Gasteiger partial charge is 0.239 e. The summed E-state index contributed by atoms with van der Waals surface area (Å²) in [5.74, 6) is 1.24. The molecule has 0 aromatic heterocycles. The molecule has 1 heterocycles. The van der Waals surface area contributed by atoms with E-state index >= 15 is 0 Å². The van der Waals surface area contributed by atoms with Gasteiger partial charge in [0.05, 0.1) is 19.8 Å². The lowest BCUT2D eigenvalue weighted by Gasteiger charge is -2.24. The van der Waals surface area contributed by atoms with Gasteiger partial charge in [0.2, 0.25) is 5.91 Å². The summed E-state index contributed by atoms with van der Waals surface area (Å²) in [6, 6.07) is 10.2. The van der Waals surface area contributed by atoms with Crippen LogP contribution >= 0.6 is 24.0 Å². The molecule has 1 aliphatic heterocycles. The first-order chi connectivity index (χ1) is 12.4. The number of hydrogen-bond donors (Lipinski definition) is 2. The van der Waals surface area contributed by atoms with Crippen molar-refractivity contribution in [2.45, 2.75) is 39.3 Å². The van der Waals surface area contributed by atoms with Crippen LogP contribution < -0.4 is 10.6 Å². The molecule has 0 saturated carbocycles. The molecule has 1 atom stereocenters. The second kappa shape index (κ2) is 11.5. The lowest BCUT2D eigenvalue weighted by Crippen LogP contribution is -2.48. The predicted octanol–water partition coefficient (Wildman–Crippen LogP) is 2.63. The molecule has 1 aromatic carbocycles. The largest absolute Gasteiger partial charge is 0.376 e. The summed E-state index contributed by atoms with van der Waals surface area (Å²) < 4.78 is 5.87. The SMILES string of the molecule is CN=C(NCC(=O)NC(C)(C)C)N1CCC(COCc2ccccc2)C1.I. The van der Waals surface area contributed by atoms with Gasteiger partial charge in [0.1, 0.15) is 0 Å². The highest BCUT2D eigenvalue weighted by molar-refractivity contribution is 14.0. The third-order valence-electron chi connectivity index (χ3n) is 4.18. The van der Waals surface area contributed by atoms with Gasteiger partial charge < -0.3 is 20.3 Å². The first kappa shape index (κ1) is 23.7. The molecular weight excluding hydrogens is 455 g/mol. The predicted molar refractivity (Wildman–Crippen MR) is 120 cm³/mol. The Bertz CT molecular complexity index is 602. The molecule has 0 aliphatic carbocycles. The normalized spacial score (nSPS) is 17.4. The van der Waals surface area contributed by atoms with E-state index in [1.54, 1.807) is 7.05 Å². The van der Waals surface area contributed by atoms with E-state index in [0.717, 1.165) is 32.1 Å². The van der Waals surface area contributed by atoms with Gasteiger partial charge in [-0.25, -0.2) is 0 Å². The van der Waals surface area contributed by atoms with E-state index in [0.29, 0.717) is 12.5 Å². The van der Waals surface area contributed by atoms with Crippen LogP contribution in [0.2, 0.25) is 0 Å². The number of carbonyl (C=O) groups excluding carboxylic acids is 1. The van der Waals surface area contributed by atoms with Crippen LogP contribution in [0.5, 0.6) is 0 Å². The number of likely N-dealkylation sites (tertiary alicyclic amines) is 1. The maximum absolute atomic E-state index is 12.0. The average Bonchev–Trinajstić information content (AvgIpc) is 3.03. The number of benzene rings is 1. The molecule has 1 aliphatic rings.